The minimum absolute atomic E-state index is 0. The van der Waals surface area contributed by atoms with Gasteiger partial charge in [-0.05, 0) is 31.3 Å². The average Bonchev–Trinajstić information content (AvgIpc) is 3.21. The van der Waals surface area contributed by atoms with Crippen LogP contribution in [-0.4, -0.2) is 29.6 Å². The van der Waals surface area contributed by atoms with Gasteiger partial charge in [0, 0.05) is 29.9 Å². The SMILES string of the molecule is Br.C=CN1C=CN(CCCCCCCCCCOc2cscc2C)C1. The van der Waals surface area contributed by atoms with Gasteiger partial charge in [0.05, 0.1) is 13.3 Å². The number of halogens is 1. The minimum Gasteiger partial charge on any atom is -0.492 e. The quantitative estimate of drug-likeness (QED) is 0.341. The van der Waals surface area contributed by atoms with E-state index in [1.807, 2.05) is 6.20 Å². The number of ether oxygens (including phenoxy) is 1. The zero-order chi connectivity index (χ0) is 17.0. The third-order valence-electron chi connectivity index (χ3n) is 4.45. The first-order valence-corrected chi connectivity index (χ1v) is 10.2. The lowest BCUT2D eigenvalue weighted by Gasteiger charge is -2.18. The molecule has 2 rings (SSSR count). The van der Waals surface area contributed by atoms with Crippen LogP contribution in [0, 0.1) is 6.92 Å². The van der Waals surface area contributed by atoms with Crippen LogP contribution >= 0.6 is 28.3 Å². The first-order chi connectivity index (χ1) is 11.8. The highest BCUT2D eigenvalue weighted by molar-refractivity contribution is 8.93. The molecule has 5 heteroatoms. The van der Waals surface area contributed by atoms with Gasteiger partial charge < -0.3 is 14.5 Å². The van der Waals surface area contributed by atoms with Crippen LogP contribution in [0.3, 0.4) is 0 Å². The van der Waals surface area contributed by atoms with Crippen molar-refractivity contribution in [1.29, 1.82) is 0 Å². The number of thiophene rings is 1. The molecule has 0 aromatic carbocycles. The maximum atomic E-state index is 5.79. The maximum Gasteiger partial charge on any atom is 0.132 e. The highest BCUT2D eigenvalue weighted by atomic mass is 79.9. The lowest BCUT2D eigenvalue weighted by atomic mass is 10.1. The van der Waals surface area contributed by atoms with Gasteiger partial charge in [0.2, 0.25) is 0 Å². The first-order valence-electron chi connectivity index (χ1n) is 9.26. The molecule has 3 nitrogen and oxygen atoms in total. The summed E-state index contributed by atoms with van der Waals surface area (Å²) in [7, 11) is 0. The molecule has 0 saturated heterocycles. The highest BCUT2D eigenvalue weighted by Gasteiger charge is 2.08. The van der Waals surface area contributed by atoms with Crippen LogP contribution in [0.2, 0.25) is 0 Å². The number of rotatable bonds is 13. The van der Waals surface area contributed by atoms with Crippen molar-refractivity contribution >= 4 is 28.3 Å². The number of hydrogen-bond acceptors (Lipinski definition) is 4. The van der Waals surface area contributed by atoms with E-state index in [4.69, 9.17) is 4.74 Å². The van der Waals surface area contributed by atoms with Crippen molar-refractivity contribution in [3.63, 3.8) is 0 Å². The Bertz CT molecular complexity index is 504. The fraction of sp³-hybridized carbons (Fsp3) is 0.600. The molecule has 25 heavy (non-hydrogen) atoms. The van der Waals surface area contributed by atoms with E-state index in [9.17, 15) is 0 Å². The molecule has 0 atom stereocenters. The Morgan fingerprint density at radius 1 is 1.04 bits per heavy atom. The summed E-state index contributed by atoms with van der Waals surface area (Å²) in [5.74, 6) is 1.07. The standard InChI is InChI=1S/C20H32N2OS.BrH/c1-3-21-13-14-22(18-21)12-10-8-6-4-5-7-9-11-15-23-20-17-24-16-19(20)2;/h3,13-14,16-17H,1,4-12,15,18H2,2H3;1H. The van der Waals surface area contributed by atoms with Crippen LogP contribution in [0.25, 0.3) is 0 Å². The molecule has 142 valence electrons. The van der Waals surface area contributed by atoms with Gasteiger partial charge >= 0.3 is 0 Å². The van der Waals surface area contributed by atoms with Gasteiger partial charge in [-0.2, -0.15) is 0 Å². The van der Waals surface area contributed by atoms with Crippen molar-refractivity contribution < 1.29 is 4.74 Å². The molecule has 0 amide bonds. The fourth-order valence-electron chi connectivity index (χ4n) is 2.90. The van der Waals surface area contributed by atoms with E-state index in [0.29, 0.717) is 0 Å². The minimum atomic E-state index is 0. The molecule has 1 aromatic heterocycles. The molecule has 0 unspecified atom stereocenters. The molecule has 0 radical (unpaired) electrons. The average molecular weight is 429 g/mol. The third-order valence-corrected chi connectivity index (χ3v) is 5.29. The summed E-state index contributed by atoms with van der Waals surface area (Å²) in [4.78, 5) is 4.47. The third kappa shape index (κ3) is 8.82. The van der Waals surface area contributed by atoms with Gasteiger partial charge in [-0.1, -0.05) is 45.1 Å². The summed E-state index contributed by atoms with van der Waals surface area (Å²) in [6, 6.07) is 0. The summed E-state index contributed by atoms with van der Waals surface area (Å²) in [6.45, 7) is 8.90. The van der Waals surface area contributed by atoms with Gasteiger partial charge in [-0.25, -0.2) is 0 Å². The second kappa shape index (κ2) is 13.3. The summed E-state index contributed by atoms with van der Waals surface area (Å²) < 4.78 is 5.79. The van der Waals surface area contributed by atoms with E-state index < -0.39 is 0 Å². The molecule has 1 aliphatic rings. The molecule has 2 heterocycles. The monoisotopic (exact) mass is 428 g/mol. The molecule has 0 spiro atoms. The zero-order valence-corrected chi connectivity index (χ0v) is 18.0. The van der Waals surface area contributed by atoms with Gasteiger partial charge in [-0.3, -0.25) is 0 Å². The Labute approximate surface area is 168 Å². The topological polar surface area (TPSA) is 15.7 Å². The van der Waals surface area contributed by atoms with Crippen molar-refractivity contribution in [2.75, 3.05) is 19.8 Å². The summed E-state index contributed by atoms with van der Waals surface area (Å²) in [5.41, 5.74) is 1.27. The van der Waals surface area contributed by atoms with Crippen LogP contribution in [0.15, 0.2) is 35.9 Å². The Morgan fingerprint density at radius 3 is 2.32 bits per heavy atom. The largest absolute Gasteiger partial charge is 0.492 e. The second-order valence-corrected chi connectivity index (χ2v) is 7.29. The molecule has 0 saturated carbocycles. The molecule has 1 aliphatic heterocycles. The van der Waals surface area contributed by atoms with Crippen molar-refractivity contribution in [3.05, 3.63) is 41.5 Å². The second-order valence-electron chi connectivity index (χ2n) is 6.54. The molecule has 0 fully saturated rings. The summed E-state index contributed by atoms with van der Waals surface area (Å²) in [5, 5.41) is 4.24. The van der Waals surface area contributed by atoms with Crippen molar-refractivity contribution in [1.82, 2.24) is 9.80 Å². The van der Waals surface area contributed by atoms with E-state index >= 15 is 0 Å². The maximum absolute atomic E-state index is 5.79. The lowest BCUT2D eigenvalue weighted by Crippen LogP contribution is -2.22. The van der Waals surface area contributed by atoms with Gasteiger partial charge in [0.25, 0.3) is 0 Å². The first kappa shape index (κ1) is 22.1. The zero-order valence-electron chi connectivity index (χ0n) is 15.5. The van der Waals surface area contributed by atoms with Crippen molar-refractivity contribution in [3.8, 4) is 5.75 Å². The molecule has 0 bridgehead atoms. The summed E-state index contributed by atoms with van der Waals surface area (Å²) in [6.07, 6.45) is 16.7. The molecule has 0 aliphatic carbocycles. The van der Waals surface area contributed by atoms with Crippen LogP contribution in [0.4, 0.5) is 0 Å². The number of hydrogen-bond donors (Lipinski definition) is 0. The predicted molar refractivity (Wildman–Crippen MR) is 115 cm³/mol. The van der Waals surface area contributed by atoms with Crippen LogP contribution in [0.1, 0.15) is 56.9 Å². The van der Waals surface area contributed by atoms with E-state index in [2.05, 4.69) is 46.5 Å². The smallest absolute Gasteiger partial charge is 0.132 e. The number of nitrogens with zero attached hydrogens (tertiary/aromatic N) is 2. The van der Waals surface area contributed by atoms with Crippen molar-refractivity contribution in [2.24, 2.45) is 0 Å². The van der Waals surface area contributed by atoms with E-state index in [-0.39, 0.29) is 17.0 Å². The van der Waals surface area contributed by atoms with E-state index in [0.717, 1.165) is 19.0 Å². The van der Waals surface area contributed by atoms with E-state index in [1.165, 1.54) is 63.5 Å². The number of aryl methyl sites for hydroxylation is 1. The molecular weight excluding hydrogens is 396 g/mol. The van der Waals surface area contributed by atoms with Crippen LogP contribution in [0.5, 0.6) is 5.75 Å². The molecule has 0 N–H and O–H groups in total. The lowest BCUT2D eigenvalue weighted by molar-refractivity contribution is 0.302. The molecular formula is C20H33BrN2OS. The highest BCUT2D eigenvalue weighted by Crippen LogP contribution is 2.22. The Morgan fingerprint density at radius 2 is 1.72 bits per heavy atom. The predicted octanol–water partition coefficient (Wildman–Crippen LogP) is 6.32. The van der Waals surface area contributed by atoms with Gasteiger partial charge in [-0.15, -0.1) is 28.3 Å². The van der Waals surface area contributed by atoms with Crippen LogP contribution in [-0.2, 0) is 0 Å². The van der Waals surface area contributed by atoms with Crippen molar-refractivity contribution in [2.45, 2.75) is 58.3 Å². The van der Waals surface area contributed by atoms with E-state index in [1.54, 1.807) is 11.3 Å². The Hall–Kier alpha value is -0.940. The molecule has 1 aromatic rings. The van der Waals surface area contributed by atoms with Gasteiger partial charge in [0.1, 0.15) is 5.75 Å². The fourth-order valence-corrected chi connectivity index (χ4v) is 3.67. The Balaban J connectivity index is 0.00000312. The van der Waals surface area contributed by atoms with Crippen LogP contribution < -0.4 is 4.74 Å². The Kier molecular flexibility index (Phi) is 11.7. The normalized spacial score (nSPS) is 13.2. The van der Waals surface area contributed by atoms with Gasteiger partial charge in [0.15, 0.2) is 0 Å². The number of unbranched alkanes of at least 4 members (excludes halogenated alkanes) is 7. The summed E-state index contributed by atoms with van der Waals surface area (Å²) >= 11 is 1.72.